The molecule has 0 amide bonds. The fraction of sp³-hybridized carbons (Fsp3) is 0.500. The normalized spacial score (nSPS) is 12.3. The highest BCUT2D eigenvalue weighted by molar-refractivity contribution is 5.77. The van der Waals surface area contributed by atoms with Gasteiger partial charge in [0.15, 0.2) is 0 Å². The second kappa shape index (κ2) is 6.43. The van der Waals surface area contributed by atoms with Crippen molar-refractivity contribution in [1.29, 1.82) is 0 Å². The number of ether oxygens (including phenoxy) is 2. The zero-order valence-corrected chi connectivity index (χ0v) is 12.0. The van der Waals surface area contributed by atoms with E-state index in [-0.39, 0.29) is 6.04 Å². The molecule has 1 aromatic carbocycles. The Morgan fingerprint density at radius 2 is 1.79 bits per heavy atom. The second-order valence-electron chi connectivity index (χ2n) is 4.66. The molecule has 1 aromatic rings. The topological polar surface area (TPSA) is 67.8 Å². The van der Waals surface area contributed by atoms with E-state index >= 15 is 0 Å². The van der Waals surface area contributed by atoms with Crippen molar-refractivity contribution >= 4 is 5.97 Å². The van der Waals surface area contributed by atoms with Gasteiger partial charge in [-0.25, -0.2) is 0 Å². The van der Waals surface area contributed by atoms with E-state index in [9.17, 15) is 9.90 Å². The average molecular weight is 267 g/mol. The number of nitrogens with one attached hydrogen (secondary N) is 1. The molecule has 0 aliphatic carbocycles. The third-order valence-electron chi connectivity index (χ3n) is 2.81. The molecular formula is C14H21NO4. The second-order valence-corrected chi connectivity index (χ2v) is 4.66. The van der Waals surface area contributed by atoms with Crippen LogP contribution in [0.4, 0.5) is 0 Å². The van der Waals surface area contributed by atoms with Crippen LogP contribution in [0.5, 0.6) is 11.5 Å². The third kappa shape index (κ3) is 3.61. The molecule has 5 nitrogen and oxygen atoms in total. The van der Waals surface area contributed by atoms with Gasteiger partial charge in [-0.1, -0.05) is 0 Å². The van der Waals surface area contributed by atoms with Gasteiger partial charge in [0.1, 0.15) is 17.5 Å². The molecule has 19 heavy (non-hydrogen) atoms. The highest BCUT2D eigenvalue weighted by atomic mass is 16.5. The highest BCUT2D eigenvalue weighted by Gasteiger charge is 2.25. The molecule has 106 valence electrons. The first kappa shape index (κ1) is 15.3. The number of benzene rings is 1. The molecule has 1 rings (SSSR count). The van der Waals surface area contributed by atoms with Gasteiger partial charge in [-0.15, -0.1) is 0 Å². The Labute approximate surface area is 113 Å². The minimum atomic E-state index is -0.946. The Morgan fingerprint density at radius 3 is 2.21 bits per heavy atom. The van der Waals surface area contributed by atoms with Crippen molar-refractivity contribution in [1.82, 2.24) is 5.32 Å². The van der Waals surface area contributed by atoms with Crippen LogP contribution in [0.3, 0.4) is 0 Å². The highest BCUT2D eigenvalue weighted by Crippen LogP contribution is 2.32. The maximum absolute atomic E-state index is 11.4. The maximum Gasteiger partial charge on any atom is 0.325 e. The predicted octanol–water partition coefficient (Wildman–Crippen LogP) is 2.14. The molecule has 0 bridgehead atoms. The smallest absolute Gasteiger partial charge is 0.325 e. The number of methoxy groups -OCH3 is 2. The Hall–Kier alpha value is -1.75. The van der Waals surface area contributed by atoms with Crippen LogP contribution in [-0.4, -0.2) is 31.3 Å². The Morgan fingerprint density at radius 1 is 1.21 bits per heavy atom. The molecule has 5 heteroatoms. The SMILES string of the molecule is COc1cc(C(NC(C)C)C(=O)O)c(OC)cc1C. The zero-order valence-electron chi connectivity index (χ0n) is 12.0. The molecule has 0 saturated heterocycles. The lowest BCUT2D eigenvalue weighted by Crippen LogP contribution is -2.33. The van der Waals surface area contributed by atoms with Gasteiger partial charge in [0.2, 0.25) is 0 Å². The van der Waals surface area contributed by atoms with Gasteiger partial charge in [-0.05, 0) is 38.5 Å². The van der Waals surface area contributed by atoms with E-state index in [0.717, 1.165) is 5.56 Å². The van der Waals surface area contributed by atoms with Crippen molar-refractivity contribution < 1.29 is 19.4 Å². The van der Waals surface area contributed by atoms with Gasteiger partial charge >= 0.3 is 5.97 Å². The van der Waals surface area contributed by atoms with Gasteiger partial charge < -0.3 is 14.6 Å². The molecule has 0 radical (unpaired) electrons. The zero-order chi connectivity index (χ0) is 14.6. The molecule has 0 aliphatic rings. The van der Waals surface area contributed by atoms with Gasteiger partial charge in [-0.2, -0.15) is 0 Å². The fourth-order valence-corrected chi connectivity index (χ4v) is 1.93. The van der Waals surface area contributed by atoms with Crippen LogP contribution < -0.4 is 14.8 Å². The molecule has 0 saturated carbocycles. The molecule has 0 aliphatic heterocycles. The summed E-state index contributed by atoms with van der Waals surface area (Å²) in [5.41, 5.74) is 1.46. The summed E-state index contributed by atoms with van der Waals surface area (Å²) in [5.74, 6) is 0.240. The lowest BCUT2D eigenvalue weighted by Gasteiger charge is -2.21. The average Bonchev–Trinajstić information content (AvgIpc) is 2.35. The predicted molar refractivity (Wildman–Crippen MR) is 72.9 cm³/mol. The minimum absolute atomic E-state index is 0.0399. The van der Waals surface area contributed by atoms with Gasteiger partial charge in [-0.3, -0.25) is 10.1 Å². The van der Waals surface area contributed by atoms with Gasteiger partial charge in [0.25, 0.3) is 0 Å². The largest absolute Gasteiger partial charge is 0.496 e. The summed E-state index contributed by atoms with van der Waals surface area (Å²) in [6.45, 7) is 5.68. The first-order chi connectivity index (χ1) is 8.90. The third-order valence-corrected chi connectivity index (χ3v) is 2.81. The minimum Gasteiger partial charge on any atom is -0.496 e. The van der Waals surface area contributed by atoms with Crippen LogP contribution in [0, 0.1) is 6.92 Å². The number of hydrogen-bond donors (Lipinski definition) is 2. The fourth-order valence-electron chi connectivity index (χ4n) is 1.93. The van der Waals surface area contributed by atoms with E-state index < -0.39 is 12.0 Å². The molecule has 0 spiro atoms. The van der Waals surface area contributed by atoms with Crippen molar-refractivity contribution in [2.75, 3.05) is 14.2 Å². The van der Waals surface area contributed by atoms with Crippen LogP contribution in [0.2, 0.25) is 0 Å². The first-order valence-electron chi connectivity index (χ1n) is 6.12. The van der Waals surface area contributed by atoms with Crippen LogP contribution in [0.15, 0.2) is 12.1 Å². The number of aliphatic carboxylic acids is 1. The van der Waals surface area contributed by atoms with Crippen LogP contribution in [0.25, 0.3) is 0 Å². The number of carboxylic acid groups (broad SMARTS) is 1. The summed E-state index contributed by atoms with van der Waals surface area (Å²) in [4.78, 5) is 11.4. The number of carboxylic acids is 1. The molecular weight excluding hydrogens is 246 g/mol. The van der Waals surface area contributed by atoms with Crippen LogP contribution in [-0.2, 0) is 4.79 Å². The van der Waals surface area contributed by atoms with E-state index in [1.165, 1.54) is 7.11 Å². The van der Waals surface area contributed by atoms with Crippen molar-refractivity contribution in [2.24, 2.45) is 0 Å². The van der Waals surface area contributed by atoms with Crippen molar-refractivity contribution in [3.8, 4) is 11.5 Å². The van der Waals surface area contributed by atoms with E-state index in [1.807, 2.05) is 20.8 Å². The van der Waals surface area contributed by atoms with Crippen molar-refractivity contribution in [2.45, 2.75) is 32.9 Å². The lowest BCUT2D eigenvalue weighted by molar-refractivity contribution is -0.139. The van der Waals surface area contributed by atoms with E-state index in [1.54, 1.807) is 19.2 Å². The van der Waals surface area contributed by atoms with E-state index in [2.05, 4.69) is 5.32 Å². The maximum atomic E-state index is 11.4. The molecule has 0 aromatic heterocycles. The van der Waals surface area contributed by atoms with E-state index in [0.29, 0.717) is 17.1 Å². The summed E-state index contributed by atoms with van der Waals surface area (Å²) in [7, 11) is 3.09. The molecule has 2 N–H and O–H groups in total. The number of hydrogen-bond acceptors (Lipinski definition) is 4. The first-order valence-corrected chi connectivity index (χ1v) is 6.12. The lowest BCUT2D eigenvalue weighted by atomic mass is 10.0. The summed E-state index contributed by atoms with van der Waals surface area (Å²) in [6, 6.07) is 2.71. The number of carbonyl (C=O) groups is 1. The standard InChI is InChI=1S/C14H21NO4/c1-8(2)15-13(14(16)17)10-7-11(18-4)9(3)6-12(10)19-5/h6-8,13,15H,1-5H3,(H,16,17). The monoisotopic (exact) mass is 267 g/mol. The van der Waals surface area contributed by atoms with Gasteiger partial charge in [0, 0.05) is 11.6 Å². The summed E-state index contributed by atoms with van der Waals surface area (Å²) < 4.78 is 10.5. The Bertz CT molecular complexity index is 457. The number of rotatable bonds is 6. The quantitative estimate of drug-likeness (QED) is 0.826. The van der Waals surface area contributed by atoms with Crippen molar-refractivity contribution in [3.63, 3.8) is 0 Å². The summed E-state index contributed by atoms with van der Waals surface area (Å²) in [5, 5.41) is 12.4. The molecule has 0 fully saturated rings. The molecule has 0 heterocycles. The van der Waals surface area contributed by atoms with Crippen molar-refractivity contribution in [3.05, 3.63) is 23.3 Å². The molecule has 1 unspecified atom stereocenters. The number of aryl methyl sites for hydroxylation is 1. The Kier molecular flexibility index (Phi) is 5.18. The summed E-state index contributed by atoms with van der Waals surface area (Å²) >= 11 is 0. The Balaban J connectivity index is 3.31. The van der Waals surface area contributed by atoms with Crippen LogP contribution >= 0.6 is 0 Å². The van der Waals surface area contributed by atoms with Crippen LogP contribution in [0.1, 0.15) is 31.0 Å². The van der Waals surface area contributed by atoms with E-state index in [4.69, 9.17) is 9.47 Å². The molecule has 1 atom stereocenters. The van der Waals surface area contributed by atoms with Gasteiger partial charge in [0.05, 0.1) is 14.2 Å². The summed E-state index contributed by atoms with van der Waals surface area (Å²) in [6.07, 6.45) is 0.